The van der Waals surface area contributed by atoms with Gasteiger partial charge in [0.2, 0.25) is 0 Å². The third-order valence-electron chi connectivity index (χ3n) is 3.30. The predicted octanol–water partition coefficient (Wildman–Crippen LogP) is 2.14. The molecule has 21 heavy (non-hydrogen) atoms. The van der Waals surface area contributed by atoms with Crippen molar-refractivity contribution in [1.82, 2.24) is 5.32 Å². The normalized spacial score (nSPS) is 17.9. The zero-order chi connectivity index (χ0) is 15.2. The van der Waals surface area contributed by atoms with E-state index in [9.17, 15) is 4.79 Å². The Labute approximate surface area is 125 Å². The van der Waals surface area contributed by atoms with E-state index < -0.39 is 6.10 Å². The number of para-hydroxylation sites is 1. The highest BCUT2D eigenvalue weighted by Gasteiger charge is 2.30. The number of hydrogen-bond acceptors (Lipinski definition) is 5. The first kappa shape index (κ1) is 15.6. The van der Waals surface area contributed by atoms with Crippen molar-refractivity contribution in [3.05, 3.63) is 23.8 Å². The van der Waals surface area contributed by atoms with Crippen molar-refractivity contribution < 1.29 is 19.0 Å². The van der Waals surface area contributed by atoms with Crippen molar-refractivity contribution in [2.45, 2.75) is 32.9 Å². The summed E-state index contributed by atoms with van der Waals surface area (Å²) in [6.07, 6.45) is 0.0422. The second-order valence-electron chi connectivity index (χ2n) is 5.54. The number of methoxy groups -OCH3 is 1. The molecule has 1 heterocycles. The van der Waals surface area contributed by atoms with Crippen LogP contribution in [-0.2, 0) is 16.1 Å². The summed E-state index contributed by atoms with van der Waals surface area (Å²) in [4.78, 5) is 11.6. The van der Waals surface area contributed by atoms with E-state index in [0.29, 0.717) is 37.0 Å². The molecule has 1 unspecified atom stereocenters. The van der Waals surface area contributed by atoms with Gasteiger partial charge in [0.05, 0.1) is 13.7 Å². The Hall–Kier alpha value is -1.75. The highest BCUT2D eigenvalue weighted by atomic mass is 16.6. The number of cyclic esters (lactones) is 1. The summed E-state index contributed by atoms with van der Waals surface area (Å²) in [5, 5.41) is 3.38. The predicted molar refractivity (Wildman–Crippen MR) is 79.5 cm³/mol. The quantitative estimate of drug-likeness (QED) is 0.781. The van der Waals surface area contributed by atoms with Crippen LogP contribution in [0.4, 0.5) is 0 Å². The number of nitrogens with one attached hydrogen (secondary N) is 1. The van der Waals surface area contributed by atoms with Crippen LogP contribution in [0.3, 0.4) is 0 Å². The minimum Gasteiger partial charge on any atom is -0.493 e. The fourth-order valence-electron chi connectivity index (χ4n) is 2.22. The number of carbonyl (C=O) groups excluding carboxylic acids is 1. The lowest BCUT2D eigenvalue weighted by Gasteiger charge is -2.18. The standard InChI is InChI=1S/C16H23NO4/c1-11(2)9-17-10-12-5-4-6-13(19-3)15(12)21-14-7-8-20-16(14)18/h4-6,11,14,17H,7-10H2,1-3H3. The summed E-state index contributed by atoms with van der Waals surface area (Å²) in [6.45, 7) is 6.32. The summed E-state index contributed by atoms with van der Waals surface area (Å²) in [5.74, 6) is 1.53. The number of esters is 1. The lowest BCUT2D eigenvalue weighted by atomic mass is 10.1. The molecule has 1 aliphatic heterocycles. The fraction of sp³-hybridized carbons (Fsp3) is 0.562. The molecule has 1 aliphatic rings. The van der Waals surface area contributed by atoms with Gasteiger partial charge in [-0.05, 0) is 18.5 Å². The molecule has 0 bridgehead atoms. The van der Waals surface area contributed by atoms with Crippen LogP contribution in [0.5, 0.6) is 11.5 Å². The van der Waals surface area contributed by atoms with Crippen LogP contribution in [0, 0.1) is 5.92 Å². The third kappa shape index (κ3) is 4.11. The van der Waals surface area contributed by atoms with Crippen molar-refractivity contribution in [1.29, 1.82) is 0 Å². The highest BCUT2D eigenvalue weighted by Crippen LogP contribution is 2.33. The van der Waals surface area contributed by atoms with Gasteiger partial charge in [0.1, 0.15) is 0 Å². The molecule has 1 saturated heterocycles. The van der Waals surface area contributed by atoms with Gasteiger partial charge in [-0.15, -0.1) is 0 Å². The maximum Gasteiger partial charge on any atom is 0.347 e. The smallest absolute Gasteiger partial charge is 0.347 e. The average Bonchev–Trinajstić information content (AvgIpc) is 2.85. The van der Waals surface area contributed by atoms with Gasteiger partial charge in [-0.3, -0.25) is 0 Å². The number of carbonyl (C=O) groups is 1. The van der Waals surface area contributed by atoms with Crippen LogP contribution >= 0.6 is 0 Å². The van der Waals surface area contributed by atoms with Crippen molar-refractivity contribution in [3.8, 4) is 11.5 Å². The Morgan fingerprint density at radius 1 is 1.43 bits per heavy atom. The molecule has 2 rings (SSSR count). The van der Waals surface area contributed by atoms with E-state index in [2.05, 4.69) is 19.2 Å². The highest BCUT2D eigenvalue weighted by molar-refractivity contribution is 5.77. The molecule has 0 aliphatic carbocycles. The summed E-state index contributed by atoms with van der Waals surface area (Å²) in [6, 6.07) is 5.73. The van der Waals surface area contributed by atoms with Crippen molar-refractivity contribution in [2.24, 2.45) is 5.92 Å². The summed E-state index contributed by atoms with van der Waals surface area (Å²) < 4.78 is 16.2. The van der Waals surface area contributed by atoms with Gasteiger partial charge in [-0.1, -0.05) is 26.0 Å². The Morgan fingerprint density at radius 3 is 2.86 bits per heavy atom. The van der Waals surface area contributed by atoms with Crippen molar-refractivity contribution in [3.63, 3.8) is 0 Å². The zero-order valence-electron chi connectivity index (χ0n) is 12.8. The molecule has 0 amide bonds. The molecule has 0 aromatic heterocycles. The fourth-order valence-corrected chi connectivity index (χ4v) is 2.22. The maximum absolute atomic E-state index is 11.6. The maximum atomic E-state index is 11.6. The van der Waals surface area contributed by atoms with E-state index in [1.54, 1.807) is 7.11 Å². The Morgan fingerprint density at radius 2 is 2.24 bits per heavy atom. The number of rotatable bonds is 7. The Balaban J connectivity index is 2.13. The summed E-state index contributed by atoms with van der Waals surface area (Å²) >= 11 is 0. The van der Waals surface area contributed by atoms with Gasteiger partial charge in [0.25, 0.3) is 0 Å². The zero-order valence-corrected chi connectivity index (χ0v) is 12.8. The molecule has 5 nitrogen and oxygen atoms in total. The molecule has 1 N–H and O–H groups in total. The molecule has 0 spiro atoms. The Bertz CT molecular complexity index is 487. The largest absolute Gasteiger partial charge is 0.493 e. The molecule has 5 heteroatoms. The third-order valence-corrected chi connectivity index (χ3v) is 3.30. The molecular weight excluding hydrogens is 270 g/mol. The molecular formula is C16H23NO4. The second kappa shape index (κ2) is 7.31. The summed E-state index contributed by atoms with van der Waals surface area (Å²) in [7, 11) is 1.60. The van der Waals surface area contributed by atoms with Crippen LogP contribution < -0.4 is 14.8 Å². The first-order chi connectivity index (χ1) is 10.1. The van der Waals surface area contributed by atoms with Gasteiger partial charge in [0.15, 0.2) is 17.6 Å². The van der Waals surface area contributed by atoms with E-state index in [-0.39, 0.29) is 5.97 Å². The molecule has 1 aromatic rings. The van der Waals surface area contributed by atoms with Crippen LogP contribution in [0.2, 0.25) is 0 Å². The average molecular weight is 293 g/mol. The van der Waals surface area contributed by atoms with Gasteiger partial charge < -0.3 is 19.5 Å². The van der Waals surface area contributed by atoms with E-state index in [4.69, 9.17) is 14.2 Å². The topological polar surface area (TPSA) is 56.8 Å². The van der Waals surface area contributed by atoms with Crippen molar-refractivity contribution in [2.75, 3.05) is 20.3 Å². The van der Waals surface area contributed by atoms with Gasteiger partial charge in [0, 0.05) is 18.5 Å². The lowest BCUT2D eigenvalue weighted by molar-refractivity contribution is -0.143. The first-order valence-electron chi connectivity index (χ1n) is 7.31. The number of hydrogen-bond donors (Lipinski definition) is 1. The van der Waals surface area contributed by atoms with E-state index in [0.717, 1.165) is 12.1 Å². The molecule has 116 valence electrons. The molecule has 1 aromatic carbocycles. The first-order valence-corrected chi connectivity index (χ1v) is 7.31. The van der Waals surface area contributed by atoms with Gasteiger partial charge in [-0.2, -0.15) is 0 Å². The monoisotopic (exact) mass is 293 g/mol. The number of ether oxygens (including phenoxy) is 3. The summed E-state index contributed by atoms with van der Waals surface area (Å²) in [5.41, 5.74) is 0.981. The molecule has 1 fully saturated rings. The Kier molecular flexibility index (Phi) is 5.44. The van der Waals surface area contributed by atoms with Crippen LogP contribution in [0.25, 0.3) is 0 Å². The second-order valence-corrected chi connectivity index (χ2v) is 5.54. The lowest BCUT2D eigenvalue weighted by Crippen LogP contribution is -2.24. The number of benzene rings is 1. The minimum absolute atomic E-state index is 0.304. The molecule has 0 saturated carbocycles. The van der Waals surface area contributed by atoms with Gasteiger partial charge in [-0.25, -0.2) is 4.79 Å². The van der Waals surface area contributed by atoms with Crippen molar-refractivity contribution >= 4 is 5.97 Å². The minimum atomic E-state index is -0.537. The van der Waals surface area contributed by atoms with E-state index >= 15 is 0 Å². The molecule has 1 atom stereocenters. The molecule has 0 radical (unpaired) electrons. The van der Waals surface area contributed by atoms with E-state index in [1.165, 1.54) is 0 Å². The van der Waals surface area contributed by atoms with Gasteiger partial charge >= 0.3 is 5.97 Å². The van der Waals surface area contributed by atoms with Crippen LogP contribution in [0.1, 0.15) is 25.8 Å². The van der Waals surface area contributed by atoms with Crippen LogP contribution in [-0.4, -0.2) is 32.3 Å². The van der Waals surface area contributed by atoms with Crippen LogP contribution in [0.15, 0.2) is 18.2 Å². The SMILES string of the molecule is COc1cccc(CNCC(C)C)c1OC1CCOC1=O. The van der Waals surface area contributed by atoms with E-state index in [1.807, 2.05) is 18.2 Å².